The molecule has 3 aromatic rings. The van der Waals surface area contributed by atoms with Crippen LogP contribution in [0.5, 0.6) is 0 Å². The fraction of sp³-hybridized carbons (Fsp3) is 0.250. The quantitative estimate of drug-likeness (QED) is 0.420. The van der Waals surface area contributed by atoms with Gasteiger partial charge in [0, 0.05) is 47.0 Å². The molecule has 34 heavy (non-hydrogen) atoms. The summed E-state index contributed by atoms with van der Waals surface area (Å²) in [4.78, 5) is 16.3. The molecule has 1 saturated carbocycles. The van der Waals surface area contributed by atoms with Crippen molar-refractivity contribution in [3.63, 3.8) is 0 Å². The van der Waals surface area contributed by atoms with Gasteiger partial charge in [0.2, 0.25) is 5.91 Å². The van der Waals surface area contributed by atoms with Crippen LogP contribution in [0.15, 0.2) is 61.2 Å². The Bertz CT molecular complexity index is 1310. The molecule has 3 aromatic carbocycles. The standard InChI is InChI=1S/C28H27Cl2N3O/c1-16-4-5-18(12-25(16)30)17(2)32(3)26-9-7-19(13-27(26)33-14-21-10-22(21)15-33)23-11-20(28(31)34)6-8-24(23)29/h4-9,11-13,21-22H,2,10,14-15H2,1,3H3,(H2,31,34). The topological polar surface area (TPSA) is 49.6 Å². The van der Waals surface area contributed by atoms with Crippen LogP contribution in [0.2, 0.25) is 10.0 Å². The number of nitrogens with two attached hydrogens (primary N) is 1. The van der Waals surface area contributed by atoms with E-state index in [0.717, 1.165) is 69.3 Å². The summed E-state index contributed by atoms with van der Waals surface area (Å²) >= 11 is 12.9. The van der Waals surface area contributed by atoms with E-state index in [1.807, 2.05) is 38.2 Å². The maximum Gasteiger partial charge on any atom is 0.248 e. The summed E-state index contributed by atoms with van der Waals surface area (Å²) in [6, 6.07) is 17.5. The molecular formula is C28H27Cl2N3O. The van der Waals surface area contributed by atoms with Crippen molar-refractivity contribution in [1.82, 2.24) is 0 Å². The SMILES string of the molecule is C=C(c1ccc(C)c(Cl)c1)N(C)c1ccc(-c2cc(C(N)=O)ccc2Cl)cc1N1CC2CC2C1. The molecule has 1 heterocycles. The number of hydrogen-bond donors (Lipinski definition) is 1. The van der Waals surface area contributed by atoms with Gasteiger partial charge in [0.1, 0.15) is 0 Å². The Kier molecular flexibility index (Phi) is 5.83. The van der Waals surface area contributed by atoms with Gasteiger partial charge in [-0.1, -0.05) is 48.0 Å². The summed E-state index contributed by atoms with van der Waals surface area (Å²) in [6.45, 7) is 8.45. The molecule has 2 aliphatic rings. The summed E-state index contributed by atoms with van der Waals surface area (Å²) in [5, 5.41) is 1.31. The van der Waals surface area contributed by atoms with E-state index in [9.17, 15) is 4.79 Å². The van der Waals surface area contributed by atoms with E-state index in [-0.39, 0.29) is 0 Å². The van der Waals surface area contributed by atoms with Gasteiger partial charge in [-0.15, -0.1) is 0 Å². The maximum absolute atomic E-state index is 11.8. The van der Waals surface area contributed by atoms with Gasteiger partial charge in [-0.3, -0.25) is 4.79 Å². The number of piperidine rings is 1. The predicted molar refractivity (Wildman–Crippen MR) is 143 cm³/mol. The van der Waals surface area contributed by atoms with Crippen LogP contribution in [0.4, 0.5) is 11.4 Å². The number of halogens is 2. The number of anilines is 2. The lowest BCUT2D eigenvalue weighted by Crippen LogP contribution is -2.25. The molecule has 4 nitrogen and oxygen atoms in total. The van der Waals surface area contributed by atoms with E-state index in [2.05, 4.69) is 28.5 Å². The van der Waals surface area contributed by atoms with Gasteiger partial charge in [0.15, 0.2) is 0 Å². The minimum Gasteiger partial charge on any atom is -0.369 e. The second kappa shape index (κ2) is 8.68. The summed E-state index contributed by atoms with van der Waals surface area (Å²) < 4.78 is 0. The number of nitrogens with zero attached hydrogens (tertiary/aromatic N) is 2. The molecule has 174 valence electrons. The Labute approximate surface area is 210 Å². The first-order valence-corrected chi connectivity index (χ1v) is 12.2. The molecule has 2 fully saturated rings. The normalized spacial score (nSPS) is 18.5. The Morgan fingerprint density at radius 2 is 1.71 bits per heavy atom. The van der Waals surface area contributed by atoms with Gasteiger partial charge >= 0.3 is 0 Å². The third kappa shape index (κ3) is 4.17. The van der Waals surface area contributed by atoms with Gasteiger partial charge in [-0.05, 0) is 78.3 Å². The highest BCUT2D eigenvalue weighted by Gasteiger charge is 2.45. The molecule has 1 amide bonds. The van der Waals surface area contributed by atoms with Crippen LogP contribution >= 0.6 is 23.2 Å². The largest absolute Gasteiger partial charge is 0.369 e. The van der Waals surface area contributed by atoms with Crippen molar-refractivity contribution in [2.45, 2.75) is 13.3 Å². The fourth-order valence-electron chi connectivity index (χ4n) is 4.83. The highest BCUT2D eigenvalue weighted by atomic mass is 35.5. The van der Waals surface area contributed by atoms with E-state index in [0.29, 0.717) is 10.6 Å². The lowest BCUT2D eigenvalue weighted by atomic mass is 10.0. The van der Waals surface area contributed by atoms with Crippen LogP contribution in [-0.4, -0.2) is 26.0 Å². The van der Waals surface area contributed by atoms with E-state index < -0.39 is 5.91 Å². The molecule has 1 saturated heterocycles. The summed E-state index contributed by atoms with van der Waals surface area (Å²) in [5.74, 6) is 1.09. The van der Waals surface area contributed by atoms with Crippen molar-refractivity contribution in [3.8, 4) is 11.1 Å². The Morgan fingerprint density at radius 1 is 1.00 bits per heavy atom. The predicted octanol–water partition coefficient (Wildman–Crippen LogP) is 6.63. The molecule has 2 atom stereocenters. The molecule has 2 unspecified atom stereocenters. The van der Waals surface area contributed by atoms with Gasteiger partial charge in [0.25, 0.3) is 0 Å². The molecule has 6 heteroatoms. The van der Waals surface area contributed by atoms with E-state index in [1.54, 1.807) is 18.2 Å². The first kappa shape index (κ1) is 22.8. The van der Waals surface area contributed by atoms with Crippen molar-refractivity contribution in [2.75, 3.05) is 29.9 Å². The average molecular weight is 492 g/mol. The van der Waals surface area contributed by atoms with Crippen LogP contribution in [0, 0.1) is 18.8 Å². The van der Waals surface area contributed by atoms with Crippen LogP contribution in [0.1, 0.15) is 27.9 Å². The number of amides is 1. The number of rotatable bonds is 6. The Morgan fingerprint density at radius 3 is 2.38 bits per heavy atom. The maximum atomic E-state index is 11.8. The highest BCUT2D eigenvalue weighted by Crippen LogP contribution is 2.49. The lowest BCUT2D eigenvalue weighted by molar-refractivity contribution is 0.100. The molecule has 1 aliphatic carbocycles. The average Bonchev–Trinajstić information content (AvgIpc) is 3.44. The minimum atomic E-state index is -0.470. The summed E-state index contributed by atoms with van der Waals surface area (Å²) in [7, 11) is 2.03. The number of carbonyl (C=O) groups excluding carboxylic acids is 1. The number of primary amides is 1. The molecule has 2 N–H and O–H groups in total. The van der Waals surface area contributed by atoms with Crippen molar-refractivity contribution < 1.29 is 4.79 Å². The van der Waals surface area contributed by atoms with Crippen molar-refractivity contribution in [3.05, 3.63) is 87.9 Å². The first-order chi connectivity index (χ1) is 16.2. The van der Waals surface area contributed by atoms with Crippen molar-refractivity contribution >= 4 is 46.2 Å². The zero-order valence-corrected chi connectivity index (χ0v) is 20.8. The molecule has 1 aliphatic heterocycles. The summed E-state index contributed by atoms with van der Waals surface area (Å²) in [6.07, 6.45) is 1.32. The van der Waals surface area contributed by atoms with Crippen LogP contribution in [-0.2, 0) is 0 Å². The zero-order chi connectivity index (χ0) is 24.1. The van der Waals surface area contributed by atoms with E-state index in [4.69, 9.17) is 28.9 Å². The second-order valence-corrected chi connectivity index (χ2v) is 10.2. The third-order valence-corrected chi connectivity index (χ3v) is 7.86. The van der Waals surface area contributed by atoms with Gasteiger partial charge in [-0.25, -0.2) is 0 Å². The minimum absolute atomic E-state index is 0.439. The van der Waals surface area contributed by atoms with E-state index in [1.165, 1.54) is 6.42 Å². The smallest absolute Gasteiger partial charge is 0.248 e. The number of hydrogen-bond acceptors (Lipinski definition) is 3. The number of carbonyl (C=O) groups is 1. The molecule has 5 rings (SSSR count). The fourth-order valence-corrected chi connectivity index (χ4v) is 5.24. The lowest BCUT2D eigenvalue weighted by Gasteiger charge is -2.30. The Balaban J connectivity index is 1.56. The molecule has 0 bridgehead atoms. The molecule has 0 aromatic heterocycles. The second-order valence-electron chi connectivity index (χ2n) is 9.39. The zero-order valence-electron chi connectivity index (χ0n) is 19.3. The van der Waals surface area contributed by atoms with Gasteiger partial charge < -0.3 is 15.5 Å². The molecule has 0 radical (unpaired) electrons. The molecular weight excluding hydrogens is 465 g/mol. The van der Waals surface area contributed by atoms with Crippen molar-refractivity contribution in [2.24, 2.45) is 17.6 Å². The number of fused-ring (bicyclic) bond motifs is 1. The highest BCUT2D eigenvalue weighted by molar-refractivity contribution is 6.33. The first-order valence-electron chi connectivity index (χ1n) is 11.4. The van der Waals surface area contributed by atoms with E-state index >= 15 is 0 Å². The third-order valence-electron chi connectivity index (χ3n) is 7.13. The van der Waals surface area contributed by atoms with Crippen LogP contribution in [0.25, 0.3) is 16.8 Å². The molecule has 0 spiro atoms. The van der Waals surface area contributed by atoms with Gasteiger partial charge in [0.05, 0.1) is 11.4 Å². The number of benzene rings is 3. The van der Waals surface area contributed by atoms with Crippen molar-refractivity contribution in [1.29, 1.82) is 0 Å². The number of aryl methyl sites for hydroxylation is 1. The monoisotopic (exact) mass is 491 g/mol. The Hall–Kier alpha value is -2.95. The summed E-state index contributed by atoms with van der Waals surface area (Å²) in [5.41, 5.74) is 12.8. The van der Waals surface area contributed by atoms with Gasteiger partial charge in [-0.2, -0.15) is 0 Å². The van der Waals surface area contributed by atoms with Crippen LogP contribution < -0.4 is 15.5 Å². The van der Waals surface area contributed by atoms with Crippen LogP contribution in [0.3, 0.4) is 0 Å².